The van der Waals surface area contributed by atoms with Gasteiger partial charge >= 0.3 is 0 Å². The molecule has 0 fully saturated rings. The molecule has 0 aliphatic heterocycles. The fourth-order valence-corrected chi connectivity index (χ4v) is 6.13. The number of rotatable bonds is 11. The topological polar surface area (TPSA) is 76.2 Å². The van der Waals surface area contributed by atoms with Gasteiger partial charge in [0, 0.05) is 48.1 Å². The van der Waals surface area contributed by atoms with Gasteiger partial charge < -0.3 is 9.52 Å². The van der Waals surface area contributed by atoms with E-state index in [4.69, 9.17) is 4.42 Å². The zero-order valence-corrected chi connectivity index (χ0v) is 34.9. The summed E-state index contributed by atoms with van der Waals surface area (Å²) in [6.45, 7) is 23.3. The zero-order valence-electron chi connectivity index (χ0n) is 32.5. The number of fused-ring (bicyclic) bond motifs is 2. The maximum Gasteiger partial charge on any atom is 0.164 e. The molecule has 275 valence electrons. The van der Waals surface area contributed by atoms with E-state index in [9.17, 15) is 9.90 Å². The molecule has 1 N–H and O–H groups in total. The molecule has 0 bridgehead atoms. The van der Waals surface area contributed by atoms with Crippen LogP contribution in [-0.4, -0.2) is 20.9 Å². The first-order chi connectivity index (χ1) is 23.6. The van der Waals surface area contributed by atoms with Crippen molar-refractivity contribution in [2.24, 2.45) is 16.7 Å². The number of carbonyl (C=O) groups is 1. The normalized spacial score (nSPS) is 12.5. The number of aliphatic hydroxyl groups is 1. The van der Waals surface area contributed by atoms with Crippen LogP contribution in [0.4, 0.5) is 0 Å². The molecule has 5 nitrogen and oxygen atoms in total. The molecule has 0 atom stereocenters. The Morgan fingerprint density at radius 3 is 2.08 bits per heavy atom. The Balaban J connectivity index is 0.000000335. The van der Waals surface area contributed by atoms with Crippen LogP contribution in [-0.2, 0) is 36.7 Å². The smallest absolute Gasteiger partial charge is 0.164 e. The van der Waals surface area contributed by atoms with Crippen molar-refractivity contribution >= 4 is 27.5 Å². The minimum absolute atomic E-state index is 0. The van der Waals surface area contributed by atoms with Crippen LogP contribution in [0.2, 0.25) is 0 Å². The minimum atomic E-state index is -0.337. The van der Waals surface area contributed by atoms with E-state index in [1.54, 1.807) is 6.33 Å². The molecule has 6 heteroatoms. The third kappa shape index (κ3) is 9.84. The number of nitrogens with zero attached hydrogens (tertiary/aromatic N) is 2. The Labute approximate surface area is 319 Å². The largest absolute Gasteiger partial charge is 0.512 e. The Morgan fingerprint density at radius 1 is 0.843 bits per heavy atom. The molecule has 51 heavy (non-hydrogen) atoms. The Bertz CT molecular complexity index is 1960. The Kier molecular flexibility index (Phi) is 14.2. The summed E-state index contributed by atoms with van der Waals surface area (Å²) in [4.78, 5) is 21.3. The molecule has 3 aromatic carbocycles. The average Bonchev–Trinajstić information content (AvgIpc) is 3.53. The molecule has 1 radical (unpaired) electrons. The monoisotopic (exact) mass is 866 g/mol. The van der Waals surface area contributed by atoms with Crippen LogP contribution in [0.5, 0.6) is 0 Å². The molecular weight excluding hydrogens is 809 g/mol. The van der Waals surface area contributed by atoms with Gasteiger partial charge in [-0.25, -0.2) is 4.98 Å². The van der Waals surface area contributed by atoms with Gasteiger partial charge in [0.1, 0.15) is 23.4 Å². The van der Waals surface area contributed by atoms with Crippen LogP contribution in [0.15, 0.2) is 83.2 Å². The molecule has 0 saturated heterocycles. The van der Waals surface area contributed by atoms with Gasteiger partial charge in [-0.15, -0.1) is 29.1 Å². The average molecular weight is 866 g/mol. The predicted molar refractivity (Wildman–Crippen MR) is 209 cm³/mol. The van der Waals surface area contributed by atoms with Gasteiger partial charge in [0.2, 0.25) is 0 Å². The summed E-state index contributed by atoms with van der Waals surface area (Å²) >= 11 is 0. The fourth-order valence-electron chi connectivity index (χ4n) is 6.13. The van der Waals surface area contributed by atoms with Gasteiger partial charge in [-0.2, -0.15) is 0 Å². The zero-order chi connectivity index (χ0) is 36.9. The first kappa shape index (κ1) is 41.8. The van der Waals surface area contributed by atoms with Crippen molar-refractivity contribution < 1.29 is 34.4 Å². The number of aromatic nitrogens is 2. The summed E-state index contributed by atoms with van der Waals surface area (Å²) in [5, 5.41) is 13.6. The second-order valence-electron chi connectivity index (χ2n) is 15.7. The van der Waals surface area contributed by atoms with E-state index in [-0.39, 0.29) is 47.9 Å². The standard InChI is InChI=1S/C30H29N2O.C15H28O2.Ir/c1-19(2)12-20-10-11-28-23(13-20)16-29(33-28)27-17-26(31-18-32-27)22-14-21-8-6-7-9-24(21)25(15-22)30(3,4)5;1-7-14(5,8-2)12(16)11-13(17)15(6,9-3)10-4;/h6-11,13,15-19H,12H2,1-5H3;11,16H,7-10H2,1-6H3;/q-1;;/b;12-11-;. The maximum absolute atomic E-state index is 12.2. The van der Waals surface area contributed by atoms with Crippen molar-refractivity contribution in [3.63, 3.8) is 0 Å². The number of hydrogen-bond donors (Lipinski definition) is 1. The molecule has 0 unspecified atom stereocenters. The van der Waals surface area contributed by atoms with Gasteiger partial charge in [-0.3, -0.25) is 9.78 Å². The summed E-state index contributed by atoms with van der Waals surface area (Å²) in [7, 11) is 0. The van der Waals surface area contributed by atoms with E-state index < -0.39 is 0 Å². The van der Waals surface area contributed by atoms with Gasteiger partial charge in [-0.1, -0.05) is 111 Å². The van der Waals surface area contributed by atoms with Crippen LogP contribution in [0.1, 0.15) is 113 Å². The van der Waals surface area contributed by atoms with Gasteiger partial charge in [-0.05, 0) is 73.3 Å². The molecular formula is C45H57IrN2O3-. The molecule has 5 aromatic rings. The first-order valence-electron chi connectivity index (χ1n) is 18.3. The number of benzene rings is 3. The van der Waals surface area contributed by atoms with E-state index in [1.807, 2.05) is 47.6 Å². The van der Waals surface area contributed by atoms with Crippen molar-refractivity contribution in [1.82, 2.24) is 9.97 Å². The minimum Gasteiger partial charge on any atom is -0.512 e. The number of furan rings is 1. The quantitative estimate of drug-likeness (QED) is 0.0813. The second-order valence-corrected chi connectivity index (χ2v) is 15.7. The summed E-state index contributed by atoms with van der Waals surface area (Å²) in [6, 6.07) is 24.7. The molecule has 2 heterocycles. The number of hydrogen-bond acceptors (Lipinski definition) is 5. The molecule has 5 rings (SSSR count). The SMILES string of the molecule is CC(C)Cc1ccc2oc(-c3cc(-c4[c-]c5ccccc5c(C(C)(C)C)c4)ncn3)cc2c1.CCC(C)(CC)C(=O)/C=C(\O)C(C)(CC)CC.[Ir]. The fraction of sp³-hybridized carbons (Fsp3) is 0.444. The number of ketones is 1. The first-order valence-corrected chi connectivity index (χ1v) is 18.3. The second kappa shape index (κ2) is 17.3. The molecule has 0 spiro atoms. The number of aliphatic hydroxyl groups excluding tert-OH is 1. The number of allylic oxidation sites excluding steroid dienone is 2. The third-order valence-corrected chi connectivity index (χ3v) is 10.6. The van der Waals surface area contributed by atoms with Crippen LogP contribution >= 0.6 is 0 Å². The van der Waals surface area contributed by atoms with E-state index in [2.05, 4.69) is 105 Å². The Hall–Kier alpha value is -3.60. The summed E-state index contributed by atoms with van der Waals surface area (Å²) in [6.07, 6.45) is 7.42. The van der Waals surface area contributed by atoms with Crippen LogP contribution in [0.3, 0.4) is 0 Å². The third-order valence-electron chi connectivity index (χ3n) is 10.6. The summed E-state index contributed by atoms with van der Waals surface area (Å²) < 4.78 is 6.15. The predicted octanol–water partition coefficient (Wildman–Crippen LogP) is 12.7. The summed E-state index contributed by atoms with van der Waals surface area (Å²) in [5.41, 5.74) is 5.49. The Morgan fingerprint density at radius 2 is 1.47 bits per heavy atom. The van der Waals surface area contributed by atoms with E-state index in [0.29, 0.717) is 5.92 Å². The molecule has 0 saturated carbocycles. The van der Waals surface area contributed by atoms with Gasteiger partial charge in [0.05, 0.1) is 0 Å². The maximum atomic E-state index is 12.2. The molecule has 2 aromatic heterocycles. The van der Waals surface area contributed by atoms with Crippen molar-refractivity contribution in [2.75, 3.05) is 0 Å². The van der Waals surface area contributed by atoms with Gasteiger partial charge in [0.15, 0.2) is 11.5 Å². The molecule has 0 aliphatic carbocycles. The van der Waals surface area contributed by atoms with Crippen molar-refractivity contribution in [1.29, 1.82) is 0 Å². The summed E-state index contributed by atoms with van der Waals surface area (Å²) in [5.74, 6) is 1.66. The van der Waals surface area contributed by atoms with E-state index >= 15 is 0 Å². The number of carbonyl (C=O) groups excluding carboxylic acids is 1. The molecule has 0 amide bonds. The van der Waals surface area contributed by atoms with Crippen LogP contribution in [0, 0.1) is 22.8 Å². The molecule has 0 aliphatic rings. The van der Waals surface area contributed by atoms with Gasteiger partial charge in [0.25, 0.3) is 0 Å². The van der Waals surface area contributed by atoms with Crippen molar-refractivity contribution in [3.05, 3.63) is 96.0 Å². The van der Waals surface area contributed by atoms with E-state index in [0.717, 1.165) is 71.2 Å². The van der Waals surface area contributed by atoms with Crippen LogP contribution in [0.25, 0.3) is 44.5 Å². The van der Waals surface area contributed by atoms with Crippen molar-refractivity contribution in [2.45, 2.75) is 114 Å². The van der Waals surface area contributed by atoms with Crippen molar-refractivity contribution in [3.8, 4) is 22.7 Å². The van der Waals surface area contributed by atoms with Crippen LogP contribution < -0.4 is 0 Å². The van der Waals surface area contributed by atoms with E-state index in [1.165, 1.54) is 22.6 Å².